The lowest BCUT2D eigenvalue weighted by Crippen LogP contribution is -2.65. The molecule has 282 valence electrons. The predicted octanol–water partition coefficient (Wildman–Crippen LogP) is 8.13. The number of nitro groups is 1. The van der Waals surface area contributed by atoms with Gasteiger partial charge in [-0.15, -0.1) is 0 Å². The topological polar surface area (TPSA) is 133 Å². The van der Waals surface area contributed by atoms with Gasteiger partial charge in [-0.05, 0) is 137 Å². The first-order chi connectivity index (χ1) is 22.8. The normalized spacial score (nSPS) is 38.8. The van der Waals surface area contributed by atoms with E-state index in [1.54, 1.807) is 13.8 Å². The SMILES string of the molecule is CC(C)C1=C2C(CC[C@]3(C)[C@@H]2CC[C@@H]2[C@@]4(C)CC[C@H](OC(=O)CC(C)(C)C(=O)OC(C)(C)C)C(C)(C)[C@@H]4CC[C@]23C)[C@H]([C@@H](O)C[N+](=O)[O-])C1=O. The summed E-state index contributed by atoms with van der Waals surface area (Å²) in [5, 5.41) is 22.4. The second kappa shape index (κ2) is 12.7. The molecule has 1 N–H and O–H groups in total. The maximum atomic E-state index is 14.0. The van der Waals surface area contributed by atoms with E-state index in [9.17, 15) is 29.6 Å². The third-order valence-electron chi connectivity index (χ3n) is 15.0. The number of aliphatic hydroxyl groups is 1. The highest BCUT2D eigenvalue weighted by molar-refractivity contribution is 6.02. The molecule has 0 aromatic rings. The summed E-state index contributed by atoms with van der Waals surface area (Å²) in [5.74, 6) is -0.615. The van der Waals surface area contributed by atoms with Gasteiger partial charge in [-0.1, -0.05) is 54.0 Å². The van der Waals surface area contributed by atoms with Gasteiger partial charge in [0.2, 0.25) is 6.54 Å². The van der Waals surface area contributed by atoms with Crippen LogP contribution in [-0.4, -0.2) is 52.1 Å². The van der Waals surface area contributed by atoms with E-state index in [2.05, 4.69) is 48.5 Å². The van der Waals surface area contributed by atoms with Gasteiger partial charge in [-0.25, -0.2) is 0 Å². The number of aliphatic hydroxyl groups excluding tert-OH is 1. The Morgan fingerprint density at radius 3 is 2.12 bits per heavy atom. The third-order valence-corrected chi connectivity index (χ3v) is 15.0. The molecule has 0 radical (unpaired) electrons. The van der Waals surface area contributed by atoms with Crippen LogP contribution in [0.1, 0.15) is 141 Å². The van der Waals surface area contributed by atoms with Crippen molar-refractivity contribution in [1.82, 2.24) is 0 Å². The van der Waals surface area contributed by atoms with Crippen LogP contribution in [0.3, 0.4) is 0 Å². The quantitative estimate of drug-likeness (QED) is 0.153. The summed E-state index contributed by atoms with van der Waals surface area (Å²) in [6.45, 7) is 24.5. The molecule has 0 amide bonds. The van der Waals surface area contributed by atoms with Crippen molar-refractivity contribution in [2.45, 2.75) is 159 Å². The van der Waals surface area contributed by atoms with Crippen LogP contribution < -0.4 is 0 Å². The number of ketones is 1. The predicted molar refractivity (Wildman–Crippen MR) is 191 cm³/mol. The van der Waals surface area contributed by atoms with Gasteiger partial charge in [0.15, 0.2) is 5.78 Å². The number of esters is 2. The minimum absolute atomic E-state index is 0.00226. The number of Topliss-reactive ketones (excluding diaryl/α,β-unsaturated/α-hetero) is 1. The van der Waals surface area contributed by atoms with E-state index in [1.165, 1.54) is 5.57 Å². The Balaban J connectivity index is 1.38. The van der Waals surface area contributed by atoms with E-state index in [0.717, 1.165) is 56.9 Å². The highest BCUT2D eigenvalue weighted by Crippen LogP contribution is 2.75. The molecule has 0 aromatic heterocycles. The van der Waals surface area contributed by atoms with Crippen LogP contribution in [0.25, 0.3) is 0 Å². The summed E-state index contributed by atoms with van der Waals surface area (Å²) >= 11 is 0. The fourth-order valence-electron chi connectivity index (χ4n) is 12.6. The zero-order chi connectivity index (χ0) is 37.6. The van der Waals surface area contributed by atoms with Gasteiger partial charge < -0.3 is 14.6 Å². The number of nitrogens with zero attached hydrogens (tertiary/aromatic N) is 1. The van der Waals surface area contributed by atoms with Gasteiger partial charge in [0.1, 0.15) is 17.8 Å². The van der Waals surface area contributed by atoms with Crippen LogP contribution in [-0.2, 0) is 23.9 Å². The van der Waals surface area contributed by atoms with Crippen molar-refractivity contribution >= 4 is 17.7 Å². The molecule has 0 aromatic carbocycles. The van der Waals surface area contributed by atoms with Gasteiger partial charge in [-0.3, -0.25) is 24.5 Å². The maximum absolute atomic E-state index is 14.0. The average Bonchev–Trinajstić information content (AvgIpc) is 3.25. The van der Waals surface area contributed by atoms with Crippen LogP contribution in [0.5, 0.6) is 0 Å². The van der Waals surface area contributed by atoms with E-state index in [-0.39, 0.29) is 63.7 Å². The highest BCUT2D eigenvalue weighted by Gasteiger charge is 2.69. The molecule has 0 aliphatic heterocycles. The summed E-state index contributed by atoms with van der Waals surface area (Å²) in [4.78, 5) is 51.1. The lowest BCUT2D eigenvalue weighted by atomic mass is 9.33. The molecule has 9 heteroatoms. The fourth-order valence-corrected chi connectivity index (χ4v) is 12.6. The summed E-state index contributed by atoms with van der Waals surface area (Å²) < 4.78 is 11.9. The maximum Gasteiger partial charge on any atom is 0.312 e. The van der Waals surface area contributed by atoms with Gasteiger partial charge >= 0.3 is 11.9 Å². The highest BCUT2D eigenvalue weighted by atomic mass is 16.6. The Hall–Kier alpha value is -2.29. The number of hydrogen-bond donors (Lipinski definition) is 1. The molecule has 0 spiro atoms. The molecule has 5 aliphatic carbocycles. The lowest BCUT2D eigenvalue weighted by Gasteiger charge is -2.71. The Bertz CT molecular complexity index is 1440. The van der Waals surface area contributed by atoms with E-state index >= 15 is 0 Å². The number of allylic oxidation sites excluding steroid dienone is 2. The Morgan fingerprint density at radius 2 is 1.54 bits per heavy atom. The van der Waals surface area contributed by atoms with Gasteiger partial charge in [0, 0.05) is 10.3 Å². The van der Waals surface area contributed by atoms with Crippen molar-refractivity contribution in [2.75, 3.05) is 6.54 Å². The fraction of sp³-hybridized carbons (Fsp3) is 0.878. The van der Waals surface area contributed by atoms with Gasteiger partial charge in [-0.2, -0.15) is 0 Å². The molecule has 4 saturated carbocycles. The molecule has 50 heavy (non-hydrogen) atoms. The molecule has 9 nitrogen and oxygen atoms in total. The summed E-state index contributed by atoms with van der Waals surface area (Å²) in [6, 6.07) is 0. The Kier molecular flexibility index (Phi) is 9.88. The van der Waals surface area contributed by atoms with E-state index in [0.29, 0.717) is 11.8 Å². The molecule has 4 fully saturated rings. The Labute approximate surface area is 300 Å². The van der Waals surface area contributed by atoms with E-state index in [1.807, 2.05) is 20.8 Å². The standard InChI is InChI=1S/C41H65NO8/c1-23(2)31-32-24(33(34(31)45)26(43)22-42(47)48)15-19-40(11)25(32)13-14-28-39(10)18-17-29(38(8,9)27(39)16-20-41(28,40)12)49-30(44)21-37(6,7)35(46)50-36(3,4)5/h23-29,33,43H,13-22H2,1-12H3/t24?,25-,26+,27+,28-,29+,33-,39+,40-,41-/m1/s1. The number of fused-ring (bicyclic) bond motifs is 7. The molecule has 10 atom stereocenters. The van der Waals surface area contributed by atoms with Crippen LogP contribution in [0.15, 0.2) is 11.1 Å². The molecule has 0 bridgehead atoms. The lowest BCUT2D eigenvalue weighted by molar-refractivity contribution is -0.492. The van der Waals surface area contributed by atoms with Crippen molar-refractivity contribution in [3.63, 3.8) is 0 Å². The van der Waals surface area contributed by atoms with Gasteiger partial charge in [0.25, 0.3) is 0 Å². The second-order valence-electron chi connectivity index (χ2n) is 20.2. The zero-order valence-corrected chi connectivity index (χ0v) is 32.9. The largest absolute Gasteiger partial charge is 0.462 e. The van der Waals surface area contributed by atoms with Crippen LogP contribution in [0, 0.1) is 72.7 Å². The summed E-state index contributed by atoms with van der Waals surface area (Å²) in [6.07, 6.45) is 6.03. The average molecular weight is 700 g/mol. The number of ether oxygens (including phenoxy) is 2. The Morgan fingerprint density at radius 1 is 0.920 bits per heavy atom. The van der Waals surface area contributed by atoms with Crippen LogP contribution >= 0.6 is 0 Å². The molecule has 5 rings (SSSR count). The van der Waals surface area contributed by atoms with E-state index in [4.69, 9.17) is 9.47 Å². The second-order valence-corrected chi connectivity index (χ2v) is 20.2. The molecule has 1 unspecified atom stereocenters. The minimum atomic E-state index is -1.27. The molecular weight excluding hydrogens is 634 g/mol. The summed E-state index contributed by atoms with van der Waals surface area (Å²) in [7, 11) is 0. The van der Waals surface area contributed by atoms with Crippen molar-refractivity contribution in [3.05, 3.63) is 21.3 Å². The van der Waals surface area contributed by atoms with Crippen molar-refractivity contribution in [3.8, 4) is 0 Å². The first-order valence-electron chi connectivity index (χ1n) is 19.3. The summed E-state index contributed by atoms with van der Waals surface area (Å²) in [5.41, 5.74) is 0.203. The first-order valence-corrected chi connectivity index (χ1v) is 19.3. The zero-order valence-electron chi connectivity index (χ0n) is 32.9. The first kappa shape index (κ1) is 38.9. The number of carbonyl (C=O) groups is 3. The molecule has 0 heterocycles. The van der Waals surface area contributed by atoms with Crippen molar-refractivity contribution in [2.24, 2.45) is 62.6 Å². The minimum Gasteiger partial charge on any atom is -0.462 e. The number of hydrogen-bond acceptors (Lipinski definition) is 8. The molecular formula is C41H65NO8. The van der Waals surface area contributed by atoms with Crippen molar-refractivity contribution in [1.29, 1.82) is 0 Å². The number of rotatable bonds is 8. The van der Waals surface area contributed by atoms with E-state index < -0.39 is 40.5 Å². The molecule has 0 saturated heterocycles. The van der Waals surface area contributed by atoms with Gasteiger partial charge in [0.05, 0.1) is 17.8 Å². The van der Waals surface area contributed by atoms with Crippen LogP contribution in [0.4, 0.5) is 0 Å². The van der Waals surface area contributed by atoms with Crippen molar-refractivity contribution < 1.29 is 33.9 Å². The monoisotopic (exact) mass is 699 g/mol. The van der Waals surface area contributed by atoms with Crippen LogP contribution in [0.2, 0.25) is 0 Å². The smallest absolute Gasteiger partial charge is 0.312 e. The molecule has 5 aliphatic rings. The number of carbonyl (C=O) groups excluding carboxylic acids is 3. The third kappa shape index (κ3) is 6.17.